The molecular formula is C11H17NO. The van der Waals surface area contributed by atoms with E-state index in [4.69, 9.17) is 10.5 Å². The molecule has 1 aromatic carbocycles. The van der Waals surface area contributed by atoms with Crippen LogP contribution in [0.4, 0.5) is 0 Å². The van der Waals surface area contributed by atoms with Gasteiger partial charge in [0.05, 0.1) is 6.10 Å². The number of hydrogen-bond donors (Lipinski definition) is 1. The Kier molecular flexibility index (Phi) is 3.93. The molecule has 1 rings (SSSR count). The predicted molar refractivity (Wildman–Crippen MR) is 54.5 cm³/mol. The molecule has 0 aromatic heterocycles. The van der Waals surface area contributed by atoms with E-state index in [0.29, 0.717) is 6.54 Å². The fraction of sp³-hybridized carbons (Fsp3) is 0.455. The quantitative estimate of drug-likeness (QED) is 0.764. The molecule has 0 aliphatic heterocycles. The number of ether oxygens (including phenoxy) is 1. The highest BCUT2D eigenvalue weighted by molar-refractivity contribution is 5.27. The van der Waals surface area contributed by atoms with Crippen molar-refractivity contribution in [1.82, 2.24) is 0 Å². The summed E-state index contributed by atoms with van der Waals surface area (Å²) in [5, 5.41) is 0. The van der Waals surface area contributed by atoms with Crippen LogP contribution in [0.25, 0.3) is 0 Å². The highest BCUT2D eigenvalue weighted by Gasteiger charge is 2.04. The second-order valence-electron chi connectivity index (χ2n) is 3.22. The van der Waals surface area contributed by atoms with Crippen LogP contribution < -0.4 is 5.73 Å². The Morgan fingerprint density at radius 3 is 2.46 bits per heavy atom. The van der Waals surface area contributed by atoms with Crippen LogP contribution in [-0.2, 0) is 17.7 Å². The number of methoxy groups -OCH3 is 1. The van der Waals surface area contributed by atoms with Gasteiger partial charge >= 0.3 is 0 Å². The van der Waals surface area contributed by atoms with Crippen molar-refractivity contribution in [2.45, 2.75) is 26.0 Å². The van der Waals surface area contributed by atoms with Gasteiger partial charge in [0.25, 0.3) is 0 Å². The molecule has 0 aliphatic carbocycles. The Balaban J connectivity index is 2.74. The molecule has 1 unspecified atom stereocenters. The molecule has 0 spiro atoms. The van der Waals surface area contributed by atoms with Gasteiger partial charge in [-0.3, -0.25) is 0 Å². The summed E-state index contributed by atoms with van der Waals surface area (Å²) in [6.45, 7) is 2.67. The van der Waals surface area contributed by atoms with Crippen molar-refractivity contribution in [3.8, 4) is 0 Å². The van der Waals surface area contributed by atoms with Crippen LogP contribution in [0.15, 0.2) is 24.3 Å². The Morgan fingerprint density at radius 1 is 1.31 bits per heavy atom. The maximum atomic E-state index is 5.63. The molecule has 1 aromatic rings. The minimum Gasteiger partial charge on any atom is -0.381 e. The normalized spacial score (nSPS) is 12.8. The third-order valence-electron chi connectivity index (χ3n) is 2.25. The van der Waals surface area contributed by atoms with E-state index in [9.17, 15) is 0 Å². The van der Waals surface area contributed by atoms with Crippen molar-refractivity contribution >= 4 is 0 Å². The van der Waals surface area contributed by atoms with E-state index in [-0.39, 0.29) is 6.10 Å². The van der Waals surface area contributed by atoms with Gasteiger partial charge in [-0.2, -0.15) is 0 Å². The second kappa shape index (κ2) is 5.00. The molecular weight excluding hydrogens is 162 g/mol. The summed E-state index contributed by atoms with van der Waals surface area (Å²) >= 11 is 0. The van der Waals surface area contributed by atoms with E-state index >= 15 is 0 Å². The summed E-state index contributed by atoms with van der Waals surface area (Å²) in [6.07, 6.45) is 1.19. The first-order valence-corrected chi connectivity index (χ1v) is 4.57. The molecule has 2 nitrogen and oxygen atoms in total. The van der Waals surface area contributed by atoms with Crippen molar-refractivity contribution in [3.05, 3.63) is 35.4 Å². The largest absolute Gasteiger partial charge is 0.381 e. The molecule has 0 radical (unpaired) electrons. The lowest BCUT2D eigenvalue weighted by Gasteiger charge is -2.12. The molecule has 0 bridgehead atoms. The highest BCUT2D eigenvalue weighted by Crippen LogP contribution is 2.11. The van der Waals surface area contributed by atoms with E-state index in [1.54, 1.807) is 7.11 Å². The first kappa shape index (κ1) is 10.2. The van der Waals surface area contributed by atoms with E-state index in [2.05, 4.69) is 19.1 Å². The van der Waals surface area contributed by atoms with E-state index in [1.165, 1.54) is 11.1 Å². The van der Waals surface area contributed by atoms with Gasteiger partial charge in [-0.25, -0.2) is 0 Å². The minimum atomic E-state index is 0.257. The van der Waals surface area contributed by atoms with Gasteiger partial charge in [0, 0.05) is 13.7 Å². The monoisotopic (exact) mass is 179 g/mol. The Bertz CT molecular complexity index is 260. The van der Waals surface area contributed by atoms with Gasteiger partial charge < -0.3 is 10.5 Å². The first-order chi connectivity index (χ1) is 6.27. The topological polar surface area (TPSA) is 35.2 Å². The van der Waals surface area contributed by atoms with Crippen LogP contribution in [0.5, 0.6) is 0 Å². The molecule has 0 amide bonds. The Morgan fingerprint density at radius 2 is 1.92 bits per heavy atom. The lowest BCUT2D eigenvalue weighted by molar-refractivity contribution is 0.118. The van der Waals surface area contributed by atoms with Crippen molar-refractivity contribution < 1.29 is 4.74 Å². The molecule has 2 N–H and O–H groups in total. The van der Waals surface area contributed by atoms with Gasteiger partial charge in [-0.1, -0.05) is 24.3 Å². The molecule has 1 atom stereocenters. The third-order valence-corrected chi connectivity index (χ3v) is 2.25. The van der Waals surface area contributed by atoms with Gasteiger partial charge in [0.15, 0.2) is 0 Å². The first-order valence-electron chi connectivity index (χ1n) is 4.57. The lowest BCUT2D eigenvalue weighted by Crippen LogP contribution is -2.11. The summed E-state index contributed by atoms with van der Waals surface area (Å²) in [4.78, 5) is 0. The number of benzene rings is 1. The fourth-order valence-corrected chi connectivity index (χ4v) is 1.35. The lowest BCUT2D eigenvalue weighted by atomic mass is 10.0. The van der Waals surface area contributed by atoms with Crippen molar-refractivity contribution in [1.29, 1.82) is 0 Å². The Hall–Kier alpha value is -0.860. The molecule has 0 saturated carbocycles. The third kappa shape index (κ3) is 2.83. The molecule has 0 fully saturated rings. The van der Waals surface area contributed by atoms with Crippen LogP contribution >= 0.6 is 0 Å². The molecule has 0 heterocycles. The van der Waals surface area contributed by atoms with E-state index < -0.39 is 0 Å². The van der Waals surface area contributed by atoms with Crippen LogP contribution in [0, 0.1) is 0 Å². The van der Waals surface area contributed by atoms with Gasteiger partial charge in [0.2, 0.25) is 0 Å². The number of hydrogen-bond acceptors (Lipinski definition) is 2. The minimum absolute atomic E-state index is 0.257. The van der Waals surface area contributed by atoms with Crippen molar-refractivity contribution in [3.63, 3.8) is 0 Å². The van der Waals surface area contributed by atoms with E-state index in [0.717, 1.165) is 6.42 Å². The standard InChI is InChI=1S/C11H17NO/c1-9(13-2)7-10-5-3-4-6-11(10)8-12/h3-6,9H,7-8,12H2,1-2H3. The molecule has 0 aliphatic rings. The molecule has 0 saturated heterocycles. The molecule has 72 valence electrons. The van der Waals surface area contributed by atoms with Gasteiger partial charge in [-0.15, -0.1) is 0 Å². The fourth-order valence-electron chi connectivity index (χ4n) is 1.35. The number of nitrogens with two attached hydrogens (primary N) is 1. The van der Waals surface area contributed by atoms with Crippen molar-refractivity contribution in [2.24, 2.45) is 5.73 Å². The zero-order valence-electron chi connectivity index (χ0n) is 8.29. The summed E-state index contributed by atoms with van der Waals surface area (Å²) in [7, 11) is 1.73. The summed E-state index contributed by atoms with van der Waals surface area (Å²) in [5.74, 6) is 0. The van der Waals surface area contributed by atoms with Crippen LogP contribution in [0.3, 0.4) is 0 Å². The maximum Gasteiger partial charge on any atom is 0.0583 e. The Labute approximate surface area is 79.7 Å². The maximum absolute atomic E-state index is 5.63. The van der Waals surface area contributed by atoms with E-state index in [1.807, 2.05) is 12.1 Å². The predicted octanol–water partition coefficient (Wildman–Crippen LogP) is 1.72. The molecule has 2 heteroatoms. The van der Waals surface area contributed by atoms with Crippen LogP contribution in [0.2, 0.25) is 0 Å². The smallest absolute Gasteiger partial charge is 0.0583 e. The van der Waals surface area contributed by atoms with Crippen LogP contribution in [-0.4, -0.2) is 13.2 Å². The molecule has 13 heavy (non-hydrogen) atoms. The summed E-state index contributed by atoms with van der Waals surface area (Å²) < 4.78 is 5.21. The average molecular weight is 179 g/mol. The highest BCUT2D eigenvalue weighted by atomic mass is 16.5. The van der Waals surface area contributed by atoms with Crippen molar-refractivity contribution in [2.75, 3.05) is 7.11 Å². The number of rotatable bonds is 4. The van der Waals surface area contributed by atoms with Crippen LogP contribution in [0.1, 0.15) is 18.1 Å². The zero-order valence-corrected chi connectivity index (χ0v) is 8.29. The average Bonchev–Trinajstić information content (AvgIpc) is 2.18. The summed E-state index contributed by atoms with van der Waals surface area (Å²) in [6, 6.07) is 8.23. The SMILES string of the molecule is COC(C)Cc1ccccc1CN. The zero-order chi connectivity index (χ0) is 9.68. The van der Waals surface area contributed by atoms with Gasteiger partial charge in [0.1, 0.15) is 0 Å². The summed E-state index contributed by atoms with van der Waals surface area (Å²) in [5.41, 5.74) is 8.13. The van der Waals surface area contributed by atoms with Gasteiger partial charge in [-0.05, 0) is 24.5 Å². The second-order valence-corrected chi connectivity index (χ2v) is 3.22.